The standard InChI is InChI=1S/C22H38N2O/c1-13-17-6-7-18-16-5-4-14-10-15(23)8-9-21(14,2)19(16)11-20(25)22(17,18)12-24(13)3/h13-20,25H,4-12,23H2,1-3H3. The first kappa shape index (κ1) is 17.0. The molecule has 142 valence electrons. The van der Waals surface area contributed by atoms with Crippen LogP contribution in [0, 0.1) is 40.4 Å². The zero-order chi connectivity index (χ0) is 17.6. The van der Waals surface area contributed by atoms with Crippen molar-refractivity contribution in [2.75, 3.05) is 13.6 Å². The molecule has 5 aliphatic rings. The predicted molar refractivity (Wildman–Crippen MR) is 101 cm³/mol. The van der Waals surface area contributed by atoms with Crippen molar-refractivity contribution in [1.29, 1.82) is 0 Å². The molecule has 5 fully saturated rings. The molecule has 1 saturated heterocycles. The Hall–Kier alpha value is -0.120. The minimum absolute atomic E-state index is 0.0789. The summed E-state index contributed by atoms with van der Waals surface area (Å²) in [6, 6.07) is 1.07. The average Bonchev–Trinajstić information content (AvgIpc) is 3.06. The van der Waals surface area contributed by atoms with Gasteiger partial charge in [0.05, 0.1) is 6.10 Å². The SMILES string of the molecule is CC1C2CCC3C4CCC5CC(N)CCC5(C)C4CC(O)C32CN1C. The van der Waals surface area contributed by atoms with E-state index in [1.165, 1.54) is 44.9 Å². The summed E-state index contributed by atoms with van der Waals surface area (Å²) < 4.78 is 0. The molecular formula is C22H38N2O. The number of aliphatic hydroxyl groups is 1. The lowest BCUT2D eigenvalue weighted by atomic mass is 9.44. The number of likely N-dealkylation sites (tertiary alicyclic amines) is 1. The summed E-state index contributed by atoms with van der Waals surface area (Å²) in [5, 5.41) is 11.5. The maximum atomic E-state index is 11.5. The van der Waals surface area contributed by atoms with E-state index in [1.807, 2.05) is 0 Å². The van der Waals surface area contributed by atoms with Crippen molar-refractivity contribution in [1.82, 2.24) is 4.90 Å². The molecule has 1 spiro atoms. The molecule has 4 aliphatic carbocycles. The summed E-state index contributed by atoms with van der Waals surface area (Å²) in [5.74, 6) is 3.91. The summed E-state index contributed by atoms with van der Waals surface area (Å²) in [4.78, 5) is 2.55. The highest BCUT2D eigenvalue weighted by atomic mass is 16.3. The fourth-order valence-electron chi connectivity index (χ4n) is 9.05. The van der Waals surface area contributed by atoms with Crippen molar-refractivity contribution in [3.05, 3.63) is 0 Å². The molecule has 1 aliphatic heterocycles. The van der Waals surface area contributed by atoms with Crippen LogP contribution in [-0.4, -0.2) is 41.8 Å². The Balaban J connectivity index is 1.49. The van der Waals surface area contributed by atoms with Crippen molar-refractivity contribution in [2.45, 2.75) is 83.4 Å². The van der Waals surface area contributed by atoms with Crippen LogP contribution in [-0.2, 0) is 0 Å². The van der Waals surface area contributed by atoms with Gasteiger partial charge in [0.25, 0.3) is 0 Å². The van der Waals surface area contributed by atoms with E-state index in [0.717, 1.165) is 42.6 Å². The van der Waals surface area contributed by atoms with Gasteiger partial charge in [-0.3, -0.25) is 0 Å². The van der Waals surface area contributed by atoms with Crippen LogP contribution in [0.5, 0.6) is 0 Å². The van der Waals surface area contributed by atoms with Crippen LogP contribution < -0.4 is 5.73 Å². The van der Waals surface area contributed by atoms with Gasteiger partial charge in [0, 0.05) is 24.0 Å². The lowest BCUT2D eigenvalue weighted by Crippen LogP contribution is -2.60. The minimum Gasteiger partial charge on any atom is -0.392 e. The van der Waals surface area contributed by atoms with Gasteiger partial charge in [0.15, 0.2) is 0 Å². The largest absolute Gasteiger partial charge is 0.392 e. The molecule has 0 amide bonds. The number of nitrogens with zero attached hydrogens (tertiary/aromatic N) is 1. The highest BCUT2D eigenvalue weighted by Crippen LogP contribution is 2.69. The number of nitrogens with two attached hydrogens (primary N) is 1. The highest BCUT2D eigenvalue weighted by Gasteiger charge is 2.68. The second-order valence-electron chi connectivity index (χ2n) is 10.9. The monoisotopic (exact) mass is 346 g/mol. The Morgan fingerprint density at radius 3 is 2.56 bits per heavy atom. The maximum Gasteiger partial charge on any atom is 0.0617 e. The molecule has 1 heterocycles. The van der Waals surface area contributed by atoms with Gasteiger partial charge in [0.1, 0.15) is 0 Å². The second kappa shape index (κ2) is 5.45. The second-order valence-corrected chi connectivity index (χ2v) is 10.9. The van der Waals surface area contributed by atoms with Crippen LogP contribution in [0.2, 0.25) is 0 Å². The highest BCUT2D eigenvalue weighted by molar-refractivity contribution is 5.18. The Bertz CT molecular complexity index is 552. The van der Waals surface area contributed by atoms with Crippen LogP contribution >= 0.6 is 0 Å². The first-order valence-electron chi connectivity index (χ1n) is 11.0. The van der Waals surface area contributed by atoms with Crippen molar-refractivity contribution in [3.63, 3.8) is 0 Å². The van der Waals surface area contributed by atoms with Gasteiger partial charge in [-0.1, -0.05) is 6.92 Å². The molecule has 10 unspecified atom stereocenters. The molecular weight excluding hydrogens is 308 g/mol. The van der Waals surface area contributed by atoms with Gasteiger partial charge >= 0.3 is 0 Å². The van der Waals surface area contributed by atoms with Gasteiger partial charge < -0.3 is 15.7 Å². The van der Waals surface area contributed by atoms with E-state index in [1.54, 1.807) is 0 Å². The lowest BCUT2D eigenvalue weighted by molar-refractivity contribution is -0.162. The Morgan fingerprint density at radius 1 is 1.00 bits per heavy atom. The molecule has 0 aromatic heterocycles. The van der Waals surface area contributed by atoms with Crippen LogP contribution in [0.3, 0.4) is 0 Å². The Labute approximate surface area is 153 Å². The number of fused-ring (bicyclic) bond motifs is 4. The zero-order valence-corrected chi connectivity index (χ0v) is 16.5. The molecule has 25 heavy (non-hydrogen) atoms. The molecule has 4 saturated carbocycles. The molecule has 5 rings (SSSR count). The van der Waals surface area contributed by atoms with Crippen molar-refractivity contribution < 1.29 is 5.11 Å². The first-order chi connectivity index (χ1) is 11.9. The molecule has 3 nitrogen and oxygen atoms in total. The maximum absolute atomic E-state index is 11.5. The molecule has 0 aromatic carbocycles. The van der Waals surface area contributed by atoms with Gasteiger partial charge in [-0.15, -0.1) is 0 Å². The van der Waals surface area contributed by atoms with E-state index in [2.05, 4.69) is 25.8 Å². The van der Waals surface area contributed by atoms with Crippen molar-refractivity contribution in [3.8, 4) is 0 Å². The van der Waals surface area contributed by atoms with Crippen LogP contribution in [0.25, 0.3) is 0 Å². The Morgan fingerprint density at radius 2 is 1.76 bits per heavy atom. The Kier molecular flexibility index (Phi) is 3.71. The fraction of sp³-hybridized carbons (Fsp3) is 1.00. The number of hydrogen-bond donors (Lipinski definition) is 2. The lowest BCUT2D eigenvalue weighted by Gasteiger charge is -2.62. The van der Waals surface area contributed by atoms with Gasteiger partial charge in [-0.25, -0.2) is 0 Å². The number of rotatable bonds is 0. The number of aliphatic hydroxyl groups excluding tert-OH is 1. The summed E-state index contributed by atoms with van der Waals surface area (Å²) in [7, 11) is 2.29. The molecule has 3 N–H and O–H groups in total. The first-order valence-corrected chi connectivity index (χ1v) is 11.0. The van der Waals surface area contributed by atoms with E-state index < -0.39 is 0 Å². The van der Waals surface area contributed by atoms with Crippen molar-refractivity contribution >= 4 is 0 Å². The summed E-state index contributed by atoms with van der Waals surface area (Å²) in [6.07, 6.45) is 10.2. The molecule has 10 atom stereocenters. The molecule has 3 heteroatoms. The van der Waals surface area contributed by atoms with Crippen LogP contribution in [0.4, 0.5) is 0 Å². The predicted octanol–water partition coefficient (Wildman–Crippen LogP) is 3.26. The normalized spacial score (nSPS) is 61.3. The minimum atomic E-state index is -0.0789. The van der Waals surface area contributed by atoms with E-state index >= 15 is 0 Å². The smallest absolute Gasteiger partial charge is 0.0617 e. The summed E-state index contributed by atoms with van der Waals surface area (Å²) >= 11 is 0. The fourth-order valence-corrected chi connectivity index (χ4v) is 9.05. The van der Waals surface area contributed by atoms with Crippen molar-refractivity contribution in [2.24, 2.45) is 46.2 Å². The van der Waals surface area contributed by atoms with E-state index in [-0.39, 0.29) is 11.5 Å². The zero-order valence-electron chi connectivity index (χ0n) is 16.5. The molecule has 0 bridgehead atoms. The molecule has 0 radical (unpaired) electrons. The van der Waals surface area contributed by atoms with Crippen LogP contribution in [0.15, 0.2) is 0 Å². The number of hydrogen-bond acceptors (Lipinski definition) is 3. The van der Waals surface area contributed by atoms with E-state index in [0.29, 0.717) is 17.5 Å². The summed E-state index contributed by atoms with van der Waals surface area (Å²) in [6.45, 7) is 6.11. The van der Waals surface area contributed by atoms with E-state index in [9.17, 15) is 5.11 Å². The van der Waals surface area contributed by atoms with Gasteiger partial charge in [-0.2, -0.15) is 0 Å². The quantitative estimate of drug-likeness (QED) is 0.708. The topological polar surface area (TPSA) is 49.5 Å². The van der Waals surface area contributed by atoms with Crippen LogP contribution in [0.1, 0.15) is 65.2 Å². The molecule has 0 aromatic rings. The average molecular weight is 347 g/mol. The third-order valence-corrected chi connectivity index (χ3v) is 10.4. The van der Waals surface area contributed by atoms with Gasteiger partial charge in [0.2, 0.25) is 0 Å². The summed E-state index contributed by atoms with van der Waals surface area (Å²) in [5.41, 5.74) is 6.98. The van der Waals surface area contributed by atoms with Gasteiger partial charge in [-0.05, 0) is 100 Å². The van der Waals surface area contributed by atoms with E-state index in [4.69, 9.17) is 5.73 Å². The third kappa shape index (κ3) is 2.04. The third-order valence-electron chi connectivity index (χ3n) is 10.4.